The van der Waals surface area contributed by atoms with Crippen LogP contribution >= 0.6 is 11.6 Å². The van der Waals surface area contributed by atoms with E-state index in [2.05, 4.69) is 15.4 Å². The molecule has 1 amide bonds. The van der Waals surface area contributed by atoms with Crippen molar-refractivity contribution in [2.24, 2.45) is 0 Å². The quantitative estimate of drug-likeness (QED) is 0.838. The van der Waals surface area contributed by atoms with Gasteiger partial charge in [-0.05, 0) is 39.0 Å². The van der Waals surface area contributed by atoms with E-state index >= 15 is 0 Å². The van der Waals surface area contributed by atoms with Crippen LogP contribution in [-0.4, -0.2) is 31.1 Å². The number of amides is 1. The van der Waals surface area contributed by atoms with Crippen molar-refractivity contribution in [3.63, 3.8) is 0 Å². The number of benzene rings is 1. The van der Waals surface area contributed by atoms with E-state index in [1.165, 1.54) is 19.2 Å². The summed E-state index contributed by atoms with van der Waals surface area (Å²) in [6.45, 7) is 6.01. The zero-order valence-corrected chi connectivity index (χ0v) is 12.8. The molecular weight excluding hydrogens is 280 g/mol. The van der Waals surface area contributed by atoms with Crippen molar-refractivity contribution in [3.05, 3.63) is 28.8 Å². The molecule has 0 unspecified atom stereocenters. The van der Waals surface area contributed by atoms with Gasteiger partial charge in [0.2, 0.25) is 5.91 Å². The average Bonchev–Trinajstić information content (AvgIpc) is 2.35. The number of hydrogen-bond donors (Lipinski definition) is 2. The molecule has 0 aliphatic rings. The lowest BCUT2D eigenvalue weighted by molar-refractivity contribution is -0.115. The van der Waals surface area contributed by atoms with E-state index in [0.717, 1.165) is 0 Å². The number of esters is 1. The number of halogens is 1. The molecular formula is C14H19ClN2O3. The number of carbonyl (C=O) groups excluding carboxylic acids is 2. The lowest BCUT2D eigenvalue weighted by Gasteiger charge is -2.20. The third kappa shape index (κ3) is 5.19. The van der Waals surface area contributed by atoms with Gasteiger partial charge < -0.3 is 15.4 Å². The van der Waals surface area contributed by atoms with Crippen molar-refractivity contribution in [1.82, 2.24) is 5.32 Å². The molecule has 0 bridgehead atoms. The fraction of sp³-hybridized carbons (Fsp3) is 0.429. The highest BCUT2D eigenvalue weighted by atomic mass is 35.5. The smallest absolute Gasteiger partial charge is 0.339 e. The maximum Gasteiger partial charge on any atom is 0.339 e. The van der Waals surface area contributed by atoms with Crippen LogP contribution in [0.25, 0.3) is 0 Å². The van der Waals surface area contributed by atoms with Gasteiger partial charge in [0.05, 0.1) is 24.9 Å². The lowest BCUT2D eigenvalue weighted by Crippen LogP contribution is -2.41. The number of rotatable bonds is 4. The molecule has 0 aliphatic heterocycles. The van der Waals surface area contributed by atoms with Gasteiger partial charge in [-0.15, -0.1) is 0 Å². The van der Waals surface area contributed by atoms with Gasteiger partial charge in [-0.25, -0.2) is 4.79 Å². The molecule has 0 saturated carbocycles. The van der Waals surface area contributed by atoms with Crippen LogP contribution < -0.4 is 10.6 Å². The highest BCUT2D eigenvalue weighted by Crippen LogP contribution is 2.21. The van der Waals surface area contributed by atoms with E-state index in [1.807, 2.05) is 20.8 Å². The number of nitrogens with one attached hydrogen (secondary N) is 2. The molecule has 0 aromatic heterocycles. The summed E-state index contributed by atoms with van der Waals surface area (Å²) in [4.78, 5) is 23.5. The minimum Gasteiger partial charge on any atom is -0.465 e. The van der Waals surface area contributed by atoms with Crippen molar-refractivity contribution in [3.8, 4) is 0 Å². The van der Waals surface area contributed by atoms with E-state index in [0.29, 0.717) is 10.7 Å². The van der Waals surface area contributed by atoms with Crippen LogP contribution in [0.2, 0.25) is 5.02 Å². The molecule has 110 valence electrons. The predicted octanol–water partition coefficient (Wildman–Crippen LogP) is 2.45. The number of methoxy groups -OCH3 is 1. The Kier molecular flexibility index (Phi) is 5.53. The molecule has 0 fully saturated rings. The van der Waals surface area contributed by atoms with Crippen molar-refractivity contribution in [2.75, 3.05) is 19.0 Å². The lowest BCUT2D eigenvalue weighted by atomic mass is 10.1. The molecule has 0 heterocycles. The predicted molar refractivity (Wildman–Crippen MR) is 79.2 cm³/mol. The molecule has 1 aromatic carbocycles. The van der Waals surface area contributed by atoms with Crippen molar-refractivity contribution < 1.29 is 14.3 Å². The van der Waals surface area contributed by atoms with E-state index in [-0.39, 0.29) is 23.6 Å². The first-order valence-electron chi connectivity index (χ1n) is 6.15. The first kappa shape index (κ1) is 16.5. The number of anilines is 1. The molecule has 6 heteroatoms. The van der Waals surface area contributed by atoms with Gasteiger partial charge in [-0.2, -0.15) is 0 Å². The van der Waals surface area contributed by atoms with Crippen molar-refractivity contribution in [1.29, 1.82) is 0 Å². The molecule has 0 saturated heterocycles. The Morgan fingerprint density at radius 3 is 2.50 bits per heavy atom. The van der Waals surface area contributed by atoms with Crippen LogP contribution in [0.5, 0.6) is 0 Å². The Labute approximate surface area is 123 Å². The second-order valence-corrected chi connectivity index (χ2v) is 5.77. The third-order valence-electron chi connectivity index (χ3n) is 2.44. The Balaban J connectivity index is 2.83. The second kappa shape index (κ2) is 6.72. The van der Waals surface area contributed by atoms with E-state index in [9.17, 15) is 9.59 Å². The summed E-state index contributed by atoms with van der Waals surface area (Å²) in [6, 6.07) is 4.60. The first-order chi connectivity index (χ1) is 9.23. The Morgan fingerprint density at radius 2 is 1.95 bits per heavy atom. The second-order valence-electron chi connectivity index (χ2n) is 5.33. The molecule has 0 aliphatic carbocycles. The van der Waals surface area contributed by atoms with Gasteiger partial charge >= 0.3 is 5.97 Å². The SMILES string of the molecule is COC(=O)c1ccc(Cl)cc1NC(=O)CNC(C)(C)C. The topological polar surface area (TPSA) is 67.4 Å². The van der Waals surface area contributed by atoms with Gasteiger partial charge in [-0.3, -0.25) is 4.79 Å². The highest BCUT2D eigenvalue weighted by Gasteiger charge is 2.16. The summed E-state index contributed by atoms with van der Waals surface area (Å²) < 4.78 is 4.66. The Bertz CT molecular complexity index is 510. The summed E-state index contributed by atoms with van der Waals surface area (Å²) in [5, 5.41) is 6.14. The first-order valence-corrected chi connectivity index (χ1v) is 6.53. The summed E-state index contributed by atoms with van der Waals surface area (Å²) in [7, 11) is 1.28. The monoisotopic (exact) mass is 298 g/mol. The maximum atomic E-state index is 11.9. The Hall–Kier alpha value is -1.59. The molecule has 2 N–H and O–H groups in total. The summed E-state index contributed by atoms with van der Waals surface area (Å²) in [6.07, 6.45) is 0. The van der Waals surface area contributed by atoms with Crippen LogP contribution in [0, 0.1) is 0 Å². The summed E-state index contributed by atoms with van der Waals surface area (Å²) in [5.74, 6) is -0.784. The minimum absolute atomic E-state index is 0.136. The van der Waals surface area contributed by atoms with E-state index in [4.69, 9.17) is 11.6 Å². The molecule has 0 spiro atoms. The molecule has 0 atom stereocenters. The van der Waals surface area contributed by atoms with Gasteiger partial charge in [0.15, 0.2) is 0 Å². The normalized spacial score (nSPS) is 11.1. The van der Waals surface area contributed by atoms with Crippen molar-refractivity contribution >= 4 is 29.2 Å². The van der Waals surface area contributed by atoms with Crippen LogP contribution in [0.15, 0.2) is 18.2 Å². The zero-order chi connectivity index (χ0) is 15.3. The fourth-order valence-corrected chi connectivity index (χ4v) is 1.62. The summed E-state index contributed by atoms with van der Waals surface area (Å²) in [5.41, 5.74) is 0.433. The number of hydrogen-bond acceptors (Lipinski definition) is 4. The number of carbonyl (C=O) groups is 2. The zero-order valence-electron chi connectivity index (χ0n) is 12.0. The fourth-order valence-electron chi connectivity index (χ4n) is 1.45. The maximum absolute atomic E-state index is 11.9. The third-order valence-corrected chi connectivity index (χ3v) is 2.68. The highest BCUT2D eigenvalue weighted by molar-refractivity contribution is 6.31. The van der Waals surface area contributed by atoms with Crippen LogP contribution in [0.1, 0.15) is 31.1 Å². The number of ether oxygens (including phenoxy) is 1. The van der Waals surface area contributed by atoms with E-state index in [1.54, 1.807) is 6.07 Å². The van der Waals surface area contributed by atoms with E-state index < -0.39 is 5.97 Å². The largest absolute Gasteiger partial charge is 0.465 e. The molecule has 1 aromatic rings. The van der Waals surface area contributed by atoms with Crippen molar-refractivity contribution in [2.45, 2.75) is 26.3 Å². The molecule has 5 nitrogen and oxygen atoms in total. The van der Waals surface area contributed by atoms with Gasteiger partial charge in [0.25, 0.3) is 0 Å². The summed E-state index contributed by atoms with van der Waals surface area (Å²) >= 11 is 5.88. The Morgan fingerprint density at radius 1 is 1.30 bits per heavy atom. The minimum atomic E-state index is -0.527. The average molecular weight is 299 g/mol. The molecule has 0 radical (unpaired) electrons. The molecule has 1 rings (SSSR count). The van der Waals surface area contributed by atoms with Crippen LogP contribution in [0.4, 0.5) is 5.69 Å². The van der Waals surface area contributed by atoms with Gasteiger partial charge in [0.1, 0.15) is 0 Å². The van der Waals surface area contributed by atoms with Crippen LogP contribution in [0.3, 0.4) is 0 Å². The van der Waals surface area contributed by atoms with Gasteiger partial charge in [-0.1, -0.05) is 11.6 Å². The van der Waals surface area contributed by atoms with Gasteiger partial charge in [0, 0.05) is 10.6 Å². The van der Waals surface area contributed by atoms with Crippen LogP contribution in [-0.2, 0) is 9.53 Å². The molecule has 20 heavy (non-hydrogen) atoms. The standard InChI is InChI=1S/C14H19ClN2O3/c1-14(2,3)16-8-12(18)17-11-7-9(15)5-6-10(11)13(19)20-4/h5-7,16H,8H2,1-4H3,(H,17,18).